The Balaban J connectivity index is 1.70. The molecule has 0 spiro atoms. The van der Waals surface area contributed by atoms with Crippen molar-refractivity contribution < 1.29 is 9.15 Å². The fraction of sp³-hybridized carbons (Fsp3) is 0.158. The molecule has 0 saturated carbocycles. The van der Waals surface area contributed by atoms with Crippen molar-refractivity contribution in [2.45, 2.75) is 12.8 Å². The van der Waals surface area contributed by atoms with Crippen LogP contribution < -0.4 is 4.74 Å². The Kier molecular flexibility index (Phi) is 5.15. The van der Waals surface area contributed by atoms with E-state index in [4.69, 9.17) is 26.0 Å². The summed E-state index contributed by atoms with van der Waals surface area (Å²) in [5.41, 5.74) is 2.42. The number of ether oxygens (including phenoxy) is 1. The monoisotopic (exact) mass is 338 g/mol. The smallest absolute Gasteiger partial charge is 0.220 e. The number of nitriles is 1. The molecular formula is C19H15ClN2O2. The van der Waals surface area contributed by atoms with Gasteiger partial charge in [0.25, 0.3) is 0 Å². The lowest BCUT2D eigenvalue weighted by Gasteiger charge is -2.05. The summed E-state index contributed by atoms with van der Waals surface area (Å²) in [6.07, 6.45) is 4.94. The molecule has 0 bridgehead atoms. The minimum absolute atomic E-state index is 0.501. The molecule has 1 aromatic heterocycles. The van der Waals surface area contributed by atoms with Gasteiger partial charge in [0.05, 0.1) is 12.7 Å². The summed E-state index contributed by atoms with van der Waals surface area (Å²) in [6.45, 7) is 0.534. The number of aromatic nitrogens is 1. The van der Waals surface area contributed by atoms with E-state index >= 15 is 0 Å². The molecule has 2 aromatic carbocycles. The molecule has 120 valence electrons. The molecule has 0 saturated heterocycles. The van der Waals surface area contributed by atoms with Crippen LogP contribution in [0.15, 0.2) is 46.9 Å². The van der Waals surface area contributed by atoms with Gasteiger partial charge in [0.2, 0.25) is 5.89 Å². The molecule has 0 atom stereocenters. The van der Waals surface area contributed by atoms with Gasteiger partial charge in [0.15, 0.2) is 5.58 Å². The quantitative estimate of drug-likeness (QED) is 0.569. The highest BCUT2D eigenvalue weighted by atomic mass is 35.5. The lowest BCUT2D eigenvalue weighted by Crippen LogP contribution is -1.96. The minimum Gasteiger partial charge on any atom is -0.494 e. The third kappa shape index (κ3) is 4.15. The number of benzene rings is 2. The molecule has 0 aliphatic carbocycles. The van der Waals surface area contributed by atoms with Crippen LogP contribution in [0.3, 0.4) is 0 Å². The van der Waals surface area contributed by atoms with Crippen LogP contribution in [0.5, 0.6) is 5.75 Å². The van der Waals surface area contributed by atoms with E-state index in [2.05, 4.69) is 11.1 Å². The second kappa shape index (κ2) is 7.67. The SMILES string of the molecule is N#CCCCOc1cccc(/C=C/c2nc3cc(Cl)ccc3o2)c1. The van der Waals surface area contributed by atoms with Crippen molar-refractivity contribution in [1.82, 2.24) is 4.98 Å². The molecule has 0 amide bonds. The lowest BCUT2D eigenvalue weighted by atomic mass is 10.2. The number of fused-ring (bicyclic) bond motifs is 1. The number of nitrogens with zero attached hydrogens (tertiary/aromatic N) is 2. The number of halogens is 1. The van der Waals surface area contributed by atoms with Crippen molar-refractivity contribution in [3.63, 3.8) is 0 Å². The topological polar surface area (TPSA) is 59.0 Å². The standard InChI is InChI=1S/C19H15ClN2O2/c20-15-7-8-18-17(13-15)22-19(24-18)9-6-14-4-3-5-16(12-14)23-11-2-1-10-21/h3-9,12-13H,1-2,11H2/b9-6+. The summed E-state index contributed by atoms with van der Waals surface area (Å²) >= 11 is 5.95. The molecule has 24 heavy (non-hydrogen) atoms. The summed E-state index contributed by atoms with van der Waals surface area (Å²) in [7, 11) is 0. The second-order valence-corrected chi connectivity index (χ2v) is 5.62. The van der Waals surface area contributed by atoms with Crippen molar-refractivity contribution in [2.24, 2.45) is 0 Å². The van der Waals surface area contributed by atoms with Gasteiger partial charge < -0.3 is 9.15 Å². The van der Waals surface area contributed by atoms with Gasteiger partial charge in [-0.25, -0.2) is 4.98 Å². The molecule has 0 aliphatic rings. The lowest BCUT2D eigenvalue weighted by molar-refractivity contribution is 0.312. The van der Waals surface area contributed by atoms with Crippen molar-refractivity contribution in [2.75, 3.05) is 6.61 Å². The summed E-state index contributed by atoms with van der Waals surface area (Å²) < 4.78 is 11.3. The Morgan fingerprint density at radius 3 is 3.00 bits per heavy atom. The Hall–Kier alpha value is -2.77. The predicted molar refractivity (Wildman–Crippen MR) is 94.7 cm³/mol. The molecule has 0 unspecified atom stereocenters. The van der Waals surface area contributed by atoms with Crippen molar-refractivity contribution >= 4 is 34.9 Å². The predicted octanol–water partition coefficient (Wildman–Crippen LogP) is 5.33. The maximum Gasteiger partial charge on any atom is 0.220 e. The van der Waals surface area contributed by atoms with Gasteiger partial charge in [0, 0.05) is 17.5 Å². The molecule has 0 fully saturated rings. The number of oxazole rings is 1. The summed E-state index contributed by atoms with van der Waals surface area (Å²) in [6, 6.07) is 15.2. The third-order valence-corrected chi connectivity index (χ3v) is 3.58. The van der Waals surface area contributed by atoms with Crippen molar-refractivity contribution in [3.8, 4) is 11.8 Å². The fourth-order valence-corrected chi connectivity index (χ4v) is 2.37. The largest absolute Gasteiger partial charge is 0.494 e. The first-order valence-electron chi connectivity index (χ1n) is 7.58. The van der Waals surface area contributed by atoms with Gasteiger partial charge in [-0.1, -0.05) is 23.7 Å². The number of hydrogen-bond acceptors (Lipinski definition) is 4. The summed E-state index contributed by atoms with van der Waals surface area (Å²) in [4.78, 5) is 4.38. The van der Waals surface area contributed by atoms with Gasteiger partial charge in [-0.3, -0.25) is 0 Å². The van der Waals surface area contributed by atoms with Gasteiger partial charge in [-0.15, -0.1) is 0 Å². The van der Waals surface area contributed by atoms with Crippen LogP contribution in [0.1, 0.15) is 24.3 Å². The molecule has 4 nitrogen and oxygen atoms in total. The Morgan fingerprint density at radius 1 is 1.21 bits per heavy atom. The van der Waals surface area contributed by atoms with Gasteiger partial charge in [-0.2, -0.15) is 5.26 Å². The molecule has 0 N–H and O–H groups in total. The Labute approximate surface area is 144 Å². The van der Waals surface area contributed by atoms with Crippen LogP contribution in [0.4, 0.5) is 0 Å². The third-order valence-electron chi connectivity index (χ3n) is 3.34. The van der Waals surface area contributed by atoms with E-state index in [-0.39, 0.29) is 0 Å². The van der Waals surface area contributed by atoms with E-state index in [1.165, 1.54) is 0 Å². The molecular weight excluding hydrogens is 324 g/mol. The van der Waals surface area contributed by atoms with E-state index in [0.717, 1.165) is 23.3 Å². The van der Waals surface area contributed by atoms with Crippen LogP contribution >= 0.6 is 11.6 Å². The zero-order chi connectivity index (χ0) is 16.8. The molecule has 3 aromatic rings. The molecule has 1 heterocycles. The highest BCUT2D eigenvalue weighted by Crippen LogP contribution is 2.21. The first kappa shape index (κ1) is 16.1. The highest BCUT2D eigenvalue weighted by molar-refractivity contribution is 6.31. The zero-order valence-corrected chi connectivity index (χ0v) is 13.7. The first-order valence-corrected chi connectivity index (χ1v) is 7.96. The van der Waals surface area contributed by atoms with E-state index in [1.54, 1.807) is 18.2 Å². The normalized spacial score (nSPS) is 11.0. The van der Waals surface area contributed by atoms with Crippen LogP contribution in [0.25, 0.3) is 23.3 Å². The van der Waals surface area contributed by atoms with Crippen LogP contribution in [0.2, 0.25) is 5.02 Å². The summed E-state index contributed by atoms with van der Waals surface area (Å²) in [5.74, 6) is 1.30. The maximum absolute atomic E-state index is 8.52. The molecule has 5 heteroatoms. The van der Waals surface area contributed by atoms with Crippen molar-refractivity contribution in [1.29, 1.82) is 5.26 Å². The van der Waals surface area contributed by atoms with E-state index in [0.29, 0.717) is 29.5 Å². The maximum atomic E-state index is 8.52. The molecule has 0 aliphatic heterocycles. The Bertz CT molecular complexity index is 909. The van der Waals surface area contributed by atoms with Gasteiger partial charge >= 0.3 is 0 Å². The van der Waals surface area contributed by atoms with E-state index < -0.39 is 0 Å². The van der Waals surface area contributed by atoms with Crippen molar-refractivity contribution in [3.05, 3.63) is 58.9 Å². The van der Waals surface area contributed by atoms with E-state index in [1.807, 2.05) is 36.4 Å². The molecule has 0 radical (unpaired) electrons. The fourth-order valence-electron chi connectivity index (χ4n) is 2.21. The van der Waals surface area contributed by atoms with Crippen LogP contribution in [-0.2, 0) is 0 Å². The van der Waals surface area contributed by atoms with Crippen LogP contribution in [0, 0.1) is 11.3 Å². The average Bonchev–Trinajstić information content (AvgIpc) is 2.99. The second-order valence-electron chi connectivity index (χ2n) is 5.18. The highest BCUT2D eigenvalue weighted by Gasteiger charge is 2.03. The van der Waals surface area contributed by atoms with Gasteiger partial charge in [-0.05, 0) is 48.4 Å². The number of hydrogen-bond donors (Lipinski definition) is 0. The number of unbranched alkanes of at least 4 members (excludes halogenated alkanes) is 1. The number of rotatable bonds is 6. The first-order chi connectivity index (χ1) is 11.7. The van der Waals surface area contributed by atoms with Gasteiger partial charge in [0.1, 0.15) is 11.3 Å². The van der Waals surface area contributed by atoms with E-state index in [9.17, 15) is 0 Å². The summed E-state index contributed by atoms with van der Waals surface area (Å²) in [5, 5.41) is 9.15. The van der Waals surface area contributed by atoms with Crippen LogP contribution in [-0.4, -0.2) is 11.6 Å². The minimum atomic E-state index is 0.501. The molecule has 3 rings (SSSR count). The average molecular weight is 339 g/mol. The Morgan fingerprint density at radius 2 is 2.12 bits per heavy atom. The zero-order valence-electron chi connectivity index (χ0n) is 12.9.